The van der Waals surface area contributed by atoms with E-state index in [1.165, 1.54) is 0 Å². The number of hydrogen-bond donors (Lipinski definition) is 0. The molecule has 2 saturated heterocycles. The van der Waals surface area contributed by atoms with Gasteiger partial charge >= 0.3 is 0 Å². The van der Waals surface area contributed by atoms with Crippen LogP contribution < -0.4 is 0 Å². The van der Waals surface area contributed by atoms with Crippen LogP contribution in [0.4, 0.5) is 0 Å². The number of aromatic nitrogens is 1. The van der Waals surface area contributed by atoms with Crippen molar-refractivity contribution in [2.75, 3.05) is 13.6 Å². The molecule has 4 atom stereocenters. The number of likely N-dealkylation sites (tertiary alicyclic amines) is 1. The summed E-state index contributed by atoms with van der Waals surface area (Å²) in [6.45, 7) is 5.20. The second-order valence-electron chi connectivity index (χ2n) is 8.71. The number of rotatable bonds is 5. The van der Waals surface area contributed by atoms with E-state index in [9.17, 15) is 9.59 Å². The van der Waals surface area contributed by atoms with Gasteiger partial charge in [0.05, 0.1) is 31.0 Å². The minimum absolute atomic E-state index is 0.00705. The number of carbonyl (C=O) groups is 2. The molecule has 0 radical (unpaired) electrons. The van der Waals surface area contributed by atoms with Crippen LogP contribution in [0.25, 0.3) is 0 Å². The lowest BCUT2D eigenvalue weighted by molar-refractivity contribution is -0.143. The molecule has 3 aliphatic rings. The van der Waals surface area contributed by atoms with Crippen LogP contribution in [0.3, 0.4) is 0 Å². The largest absolute Gasteiger partial charge is 0.361 e. The Morgan fingerprint density at radius 2 is 2.17 bits per heavy atom. The second-order valence-corrected chi connectivity index (χ2v) is 8.71. The predicted molar refractivity (Wildman–Crippen MR) is 108 cm³/mol. The third kappa shape index (κ3) is 2.96. The summed E-state index contributed by atoms with van der Waals surface area (Å²) < 4.78 is 11.3. The van der Waals surface area contributed by atoms with Gasteiger partial charge < -0.3 is 19.1 Å². The lowest BCUT2D eigenvalue weighted by Crippen LogP contribution is -2.44. The molecule has 2 fully saturated rings. The Labute approximate surface area is 175 Å². The number of aryl methyl sites for hydroxylation is 2. The van der Waals surface area contributed by atoms with Crippen LogP contribution in [0.2, 0.25) is 0 Å². The maximum Gasteiger partial charge on any atom is 0.230 e. The zero-order valence-electron chi connectivity index (χ0n) is 17.4. The normalized spacial score (nSPS) is 29.0. The minimum Gasteiger partial charge on any atom is -0.361 e. The van der Waals surface area contributed by atoms with E-state index in [2.05, 4.69) is 11.2 Å². The van der Waals surface area contributed by atoms with Crippen molar-refractivity contribution in [1.82, 2.24) is 15.0 Å². The number of fused-ring (bicyclic) bond motifs is 1. The van der Waals surface area contributed by atoms with E-state index >= 15 is 0 Å². The molecule has 2 amide bonds. The molecule has 2 bridgehead atoms. The lowest BCUT2D eigenvalue weighted by atomic mass is 9.76. The van der Waals surface area contributed by atoms with Crippen molar-refractivity contribution < 1.29 is 18.8 Å². The fourth-order valence-corrected chi connectivity index (χ4v) is 5.09. The first-order valence-electron chi connectivity index (χ1n) is 10.2. The van der Waals surface area contributed by atoms with Crippen molar-refractivity contribution in [3.8, 4) is 0 Å². The van der Waals surface area contributed by atoms with Crippen LogP contribution in [0.15, 0.2) is 47.0 Å². The quantitative estimate of drug-likeness (QED) is 0.711. The zero-order valence-corrected chi connectivity index (χ0v) is 17.4. The van der Waals surface area contributed by atoms with E-state index in [0.717, 1.165) is 11.1 Å². The van der Waals surface area contributed by atoms with Gasteiger partial charge in [0.2, 0.25) is 11.8 Å². The van der Waals surface area contributed by atoms with Crippen LogP contribution in [0.1, 0.15) is 22.6 Å². The molecule has 2 unspecified atom stereocenters. The van der Waals surface area contributed by atoms with Crippen LogP contribution >= 0.6 is 0 Å². The van der Waals surface area contributed by atoms with E-state index in [1.54, 1.807) is 11.9 Å². The maximum absolute atomic E-state index is 13.4. The topological polar surface area (TPSA) is 75.9 Å². The first-order valence-corrected chi connectivity index (χ1v) is 10.2. The summed E-state index contributed by atoms with van der Waals surface area (Å²) in [5, 5.41) is 3.97. The van der Waals surface area contributed by atoms with Gasteiger partial charge in [-0.05, 0) is 19.4 Å². The van der Waals surface area contributed by atoms with Crippen molar-refractivity contribution in [1.29, 1.82) is 0 Å². The number of amides is 2. The molecule has 5 rings (SSSR count). The standard InChI is InChI=1S/C23H25N3O4/c1-14-5-4-6-16(9-14)11-26-13-23-8-7-18(29-23)19(20(23)22(26)28)21(27)25(3)12-17-10-15(2)30-24-17/h4-10,18-20H,11-13H2,1-3H3/t18-,19?,20?,23-/m0/s1. The highest BCUT2D eigenvalue weighted by Crippen LogP contribution is 2.52. The summed E-state index contributed by atoms with van der Waals surface area (Å²) >= 11 is 0. The average molecular weight is 407 g/mol. The molecule has 0 aliphatic carbocycles. The highest BCUT2D eigenvalue weighted by molar-refractivity contribution is 5.93. The molecule has 3 aliphatic heterocycles. The molecule has 0 saturated carbocycles. The summed E-state index contributed by atoms with van der Waals surface area (Å²) in [7, 11) is 1.73. The maximum atomic E-state index is 13.4. The SMILES string of the molecule is Cc1cccc(CN2C[C@]34C=C[C@H](O3)C(C(=O)N(C)Cc3cc(C)on3)C4C2=O)c1. The van der Waals surface area contributed by atoms with E-state index in [-0.39, 0.29) is 17.9 Å². The van der Waals surface area contributed by atoms with Gasteiger partial charge in [-0.15, -0.1) is 0 Å². The first-order chi connectivity index (χ1) is 14.4. The minimum atomic E-state index is -0.697. The number of hydrogen-bond acceptors (Lipinski definition) is 5. The molecule has 2 aromatic rings. The number of ether oxygens (including phenoxy) is 1. The molecule has 0 N–H and O–H groups in total. The van der Waals surface area contributed by atoms with Crippen molar-refractivity contribution in [2.45, 2.75) is 38.6 Å². The molecule has 156 valence electrons. The first kappa shape index (κ1) is 19.1. The molecule has 4 heterocycles. The van der Waals surface area contributed by atoms with Gasteiger partial charge in [0.1, 0.15) is 17.1 Å². The summed E-state index contributed by atoms with van der Waals surface area (Å²) in [4.78, 5) is 30.1. The molecular weight excluding hydrogens is 382 g/mol. The molecule has 7 heteroatoms. The number of nitrogens with zero attached hydrogens (tertiary/aromatic N) is 3. The molecule has 30 heavy (non-hydrogen) atoms. The predicted octanol–water partition coefficient (Wildman–Crippen LogP) is 2.23. The third-order valence-corrected chi connectivity index (χ3v) is 6.37. The monoisotopic (exact) mass is 407 g/mol. The lowest BCUT2D eigenvalue weighted by Gasteiger charge is -2.27. The van der Waals surface area contributed by atoms with Crippen molar-refractivity contribution >= 4 is 11.8 Å². The van der Waals surface area contributed by atoms with E-state index in [1.807, 2.05) is 55.2 Å². The Balaban J connectivity index is 1.36. The highest BCUT2D eigenvalue weighted by Gasteiger charge is 2.67. The van der Waals surface area contributed by atoms with E-state index in [4.69, 9.17) is 9.26 Å². The van der Waals surface area contributed by atoms with E-state index in [0.29, 0.717) is 31.1 Å². The smallest absolute Gasteiger partial charge is 0.230 e. The fraction of sp³-hybridized carbons (Fsp3) is 0.435. The van der Waals surface area contributed by atoms with Crippen LogP contribution in [-0.2, 0) is 27.4 Å². The van der Waals surface area contributed by atoms with Gasteiger partial charge in [0, 0.05) is 19.7 Å². The Kier molecular flexibility index (Phi) is 4.32. The molecule has 1 aromatic heterocycles. The molecule has 1 aromatic carbocycles. The zero-order chi connectivity index (χ0) is 21.0. The Hall–Kier alpha value is -2.93. The summed E-state index contributed by atoms with van der Waals surface area (Å²) in [6, 6.07) is 9.96. The van der Waals surface area contributed by atoms with Crippen LogP contribution in [-0.4, -0.2) is 52.1 Å². The molecular formula is C23H25N3O4. The Bertz CT molecular complexity index is 1040. The highest BCUT2D eigenvalue weighted by atomic mass is 16.5. The van der Waals surface area contributed by atoms with Crippen LogP contribution in [0.5, 0.6) is 0 Å². The van der Waals surface area contributed by atoms with E-state index < -0.39 is 17.4 Å². The van der Waals surface area contributed by atoms with Gasteiger partial charge in [-0.1, -0.05) is 47.1 Å². The van der Waals surface area contributed by atoms with Gasteiger partial charge in [0.15, 0.2) is 0 Å². The molecule has 7 nitrogen and oxygen atoms in total. The summed E-state index contributed by atoms with van der Waals surface area (Å²) in [5.41, 5.74) is 2.24. The van der Waals surface area contributed by atoms with Crippen molar-refractivity contribution in [3.05, 3.63) is 65.1 Å². The Morgan fingerprint density at radius 3 is 2.90 bits per heavy atom. The van der Waals surface area contributed by atoms with Gasteiger partial charge in [-0.3, -0.25) is 9.59 Å². The van der Waals surface area contributed by atoms with Crippen molar-refractivity contribution in [2.24, 2.45) is 11.8 Å². The number of carbonyl (C=O) groups excluding carboxylic acids is 2. The third-order valence-electron chi connectivity index (χ3n) is 6.37. The fourth-order valence-electron chi connectivity index (χ4n) is 5.09. The van der Waals surface area contributed by atoms with Crippen molar-refractivity contribution in [3.63, 3.8) is 0 Å². The number of benzene rings is 1. The second kappa shape index (κ2) is 6.80. The van der Waals surface area contributed by atoms with Crippen LogP contribution in [0, 0.1) is 25.7 Å². The van der Waals surface area contributed by atoms with Gasteiger partial charge in [0.25, 0.3) is 0 Å². The summed E-state index contributed by atoms with van der Waals surface area (Å²) in [5.74, 6) is -0.391. The average Bonchev–Trinajstić information content (AvgIpc) is 3.44. The van der Waals surface area contributed by atoms with Gasteiger partial charge in [-0.2, -0.15) is 0 Å². The Morgan fingerprint density at radius 1 is 1.33 bits per heavy atom. The van der Waals surface area contributed by atoms with Gasteiger partial charge in [-0.25, -0.2) is 0 Å². The molecule has 1 spiro atoms. The summed E-state index contributed by atoms with van der Waals surface area (Å²) in [6.07, 6.45) is 3.58.